The lowest BCUT2D eigenvalue weighted by Gasteiger charge is -2.14. The van der Waals surface area contributed by atoms with E-state index in [0.29, 0.717) is 23.0 Å². The number of hydroxylamine groups is 2. The smallest absolute Gasteiger partial charge is 0.318 e. The summed E-state index contributed by atoms with van der Waals surface area (Å²) in [5.74, 6) is -0.755. The number of unbranched alkanes of at least 4 members (excludes halogenated alkanes) is 1. The lowest BCUT2D eigenvalue weighted by Crippen LogP contribution is -2.32. The van der Waals surface area contributed by atoms with Gasteiger partial charge in [-0.25, -0.2) is 0 Å². The first kappa shape index (κ1) is 17.4. The highest BCUT2D eigenvalue weighted by molar-refractivity contribution is 7.86. The third kappa shape index (κ3) is 4.08. The van der Waals surface area contributed by atoms with E-state index in [1.807, 2.05) is 6.92 Å². The molecule has 1 saturated heterocycles. The molecule has 0 N–H and O–H groups in total. The van der Waals surface area contributed by atoms with Crippen molar-refractivity contribution in [3.63, 3.8) is 0 Å². The fourth-order valence-electron chi connectivity index (χ4n) is 2.10. The molecule has 2 amide bonds. The van der Waals surface area contributed by atoms with Crippen LogP contribution in [0.1, 0.15) is 38.2 Å². The van der Waals surface area contributed by atoms with Crippen LogP contribution in [0.15, 0.2) is 23.1 Å². The highest BCUT2D eigenvalue weighted by Crippen LogP contribution is 2.25. The van der Waals surface area contributed by atoms with E-state index < -0.39 is 21.9 Å². The third-order valence-electron chi connectivity index (χ3n) is 3.36. The Morgan fingerprint density at radius 2 is 1.83 bits per heavy atom. The Morgan fingerprint density at radius 1 is 1.17 bits per heavy atom. The summed E-state index contributed by atoms with van der Waals surface area (Å²) in [6.45, 7) is 4.19. The molecule has 0 bridgehead atoms. The van der Waals surface area contributed by atoms with Crippen LogP contribution in [0.2, 0.25) is 0 Å². The Kier molecular flexibility index (Phi) is 5.38. The minimum Gasteiger partial charge on any atom is -0.494 e. The minimum absolute atomic E-state index is 0.0441. The van der Waals surface area contributed by atoms with Crippen molar-refractivity contribution < 1.29 is 27.0 Å². The van der Waals surface area contributed by atoms with Gasteiger partial charge < -0.3 is 4.74 Å². The van der Waals surface area contributed by atoms with Crippen LogP contribution in [0, 0.1) is 6.92 Å². The summed E-state index contributed by atoms with van der Waals surface area (Å²) in [6, 6.07) is 4.45. The first-order valence-corrected chi connectivity index (χ1v) is 8.80. The monoisotopic (exact) mass is 341 g/mol. The maximum Gasteiger partial charge on any atom is 0.318 e. The Hall–Kier alpha value is -1.93. The van der Waals surface area contributed by atoms with Gasteiger partial charge in [0.05, 0.1) is 11.5 Å². The molecule has 8 heteroatoms. The van der Waals surface area contributed by atoms with Gasteiger partial charge in [0.15, 0.2) is 0 Å². The van der Waals surface area contributed by atoms with Crippen LogP contribution in [0.25, 0.3) is 0 Å². The lowest BCUT2D eigenvalue weighted by molar-refractivity contribution is -0.163. The van der Waals surface area contributed by atoms with Crippen LogP contribution in [-0.4, -0.2) is 31.9 Å². The second-order valence-corrected chi connectivity index (χ2v) is 6.74. The predicted molar refractivity (Wildman–Crippen MR) is 80.9 cm³/mol. The van der Waals surface area contributed by atoms with Crippen LogP contribution in [0.5, 0.6) is 5.75 Å². The molecule has 0 aliphatic carbocycles. The topological polar surface area (TPSA) is 90.0 Å². The van der Waals surface area contributed by atoms with Crippen molar-refractivity contribution in [1.29, 1.82) is 0 Å². The molecule has 23 heavy (non-hydrogen) atoms. The lowest BCUT2D eigenvalue weighted by atomic mass is 10.2. The van der Waals surface area contributed by atoms with E-state index in [2.05, 4.69) is 0 Å². The van der Waals surface area contributed by atoms with Gasteiger partial charge in [-0.3, -0.25) is 9.59 Å². The predicted octanol–water partition coefficient (Wildman–Crippen LogP) is 1.94. The number of ether oxygens (including phenoxy) is 1. The van der Waals surface area contributed by atoms with E-state index in [0.717, 1.165) is 12.8 Å². The SMILES string of the molecule is CCCCOc1ccc(S(=O)(=O)ON2C(=O)CCC2=O)c(C)c1. The van der Waals surface area contributed by atoms with Gasteiger partial charge in [0, 0.05) is 12.8 Å². The van der Waals surface area contributed by atoms with Crippen LogP contribution in [-0.2, 0) is 24.0 Å². The number of rotatable bonds is 7. The van der Waals surface area contributed by atoms with Gasteiger partial charge in [0.1, 0.15) is 5.75 Å². The van der Waals surface area contributed by atoms with Crippen molar-refractivity contribution in [2.45, 2.75) is 44.4 Å². The number of hydrogen-bond acceptors (Lipinski definition) is 6. The zero-order chi connectivity index (χ0) is 17.0. The summed E-state index contributed by atoms with van der Waals surface area (Å²) in [7, 11) is -4.25. The molecule has 1 aromatic rings. The molecule has 126 valence electrons. The van der Waals surface area contributed by atoms with E-state index in [1.165, 1.54) is 12.1 Å². The Balaban J connectivity index is 2.16. The van der Waals surface area contributed by atoms with Crippen molar-refractivity contribution >= 4 is 21.9 Å². The number of benzene rings is 1. The number of hydrogen-bond donors (Lipinski definition) is 0. The first-order valence-electron chi connectivity index (χ1n) is 7.39. The molecule has 1 aliphatic heterocycles. The number of imide groups is 1. The number of amides is 2. The molecule has 1 aliphatic rings. The van der Waals surface area contributed by atoms with Gasteiger partial charge >= 0.3 is 10.1 Å². The molecule has 1 heterocycles. The Labute approximate surface area is 135 Å². The van der Waals surface area contributed by atoms with Crippen LogP contribution in [0.4, 0.5) is 0 Å². The molecule has 0 spiro atoms. The summed E-state index contributed by atoms with van der Waals surface area (Å²) >= 11 is 0. The fraction of sp³-hybridized carbons (Fsp3) is 0.467. The number of carbonyl (C=O) groups excluding carboxylic acids is 2. The average molecular weight is 341 g/mol. The van der Waals surface area contributed by atoms with Gasteiger partial charge in [0.25, 0.3) is 11.8 Å². The normalized spacial score (nSPS) is 15.3. The number of carbonyl (C=O) groups is 2. The van der Waals surface area contributed by atoms with Crippen molar-refractivity contribution in [3.05, 3.63) is 23.8 Å². The summed E-state index contributed by atoms with van der Waals surface area (Å²) in [5.41, 5.74) is 0.415. The van der Waals surface area contributed by atoms with Crippen molar-refractivity contribution in [1.82, 2.24) is 5.06 Å². The molecule has 0 atom stereocenters. The summed E-state index contributed by atoms with van der Waals surface area (Å²) in [4.78, 5) is 22.8. The van der Waals surface area contributed by atoms with Crippen molar-refractivity contribution in [3.8, 4) is 5.75 Å². The van der Waals surface area contributed by atoms with Gasteiger partial charge in [-0.1, -0.05) is 13.3 Å². The van der Waals surface area contributed by atoms with Gasteiger partial charge in [-0.15, -0.1) is 9.35 Å². The highest BCUT2D eigenvalue weighted by Gasteiger charge is 2.35. The van der Waals surface area contributed by atoms with Crippen LogP contribution in [0.3, 0.4) is 0 Å². The van der Waals surface area contributed by atoms with E-state index in [1.54, 1.807) is 13.0 Å². The van der Waals surface area contributed by atoms with E-state index in [9.17, 15) is 18.0 Å². The molecule has 0 saturated carbocycles. The second-order valence-electron chi connectivity index (χ2n) is 5.24. The first-order chi connectivity index (χ1) is 10.8. The van der Waals surface area contributed by atoms with Gasteiger partial charge in [-0.05, 0) is 37.1 Å². The van der Waals surface area contributed by atoms with E-state index in [4.69, 9.17) is 9.02 Å². The third-order valence-corrected chi connectivity index (χ3v) is 4.70. The molecule has 0 aromatic heterocycles. The number of aryl methyl sites for hydroxylation is 1. The molecule has 0 unspecified atom stereocenters. The van der Waals surface area contributed by atoms with Crippen LogP contribution < -0.4 is 4.74 Å². The van der Waals surface area contributed by atoms with Crippen LogP contribution >= 0.6 is 0 Å². The summed E-state index contributed by atoms with van der Waals surface area (Å²) < 4.78 is 34.7. The fourth-order valence-corrected chi connectivity index (χ4v) is 3.23. The molecule has 0 radical (unpaired) electrons. The van der Waals surface area contributed by atoms with E-state index >= 15 is 0 Å². The highest BCUT2D eigenvalue weighted by atomic mass is 32.2. The molecular formula is C15H19NO6S. The van der Waals surface area contributed by atoms with Crippen molar-refractivity contribution in [2.75, 3.05) is 6.61 Å². The Morgan fingerprint density at radius 3 is 2.39 bits per heavy atom. The number of nitrogens with zero attached hydrogens (tertiary/aromatic N) is 1. The molecule has 1 aromatic carbocycles. The standard InChI is InChI=1S/C15H19NO6S/c1-3-4-9-21-12-5-6-13(11(2)10-12)23(19,20)22-16-14(17)7-8-15(16)18/h5-6,10H,3-4,7-9H2,1-2H3. The Bertz CT molecular complexity index is 697. The largest absolute Gasteiger partial charge is 0.494 e. The molecule has 7 nitrogen and oxygen atoms in total. The van der Waals surface area contributed by atoms with Gasteiger partial charge in [0.2, 0.25) is 0 Å². The van der Waals surface area contributed by atoms with Crippen molar-refractivity contribution in [2.24, 2.45) is 0 Å². The molecule has 2 rings (SSSR count). The minimum atomic E-state index is -4.25. The maximum atomic E-state index is 12.3. The maximum absolute atomic E-state index is 12.3. The molecular weight excluding hydrogens is 322 g/mol. The van der Waals surface area contributed by atoms with E-state index in [-0.39, 0.29) is 17.7 Å². The quantitative estimate of drug-likeness (QED) is 0.556. The van der Waals surface area contributed by atoms with Gasteiger partial charge in [-0.2, -0.15) is 8.42 Å². The second kappa shape index (κ2) is 7.10. The summed E-state index contributed by atoms with van der Waals surface area (Å²) in [5, 5.41) is 0.320. The zero-order valence-corrected chi connectivity index (χ0v) is 13.9. The summed E-state index contributed by atoms with van der Waals surface area (Å²) in [6.07, 6.45) is 1.81. The average Bonchev–Trinajstić information content (AvgIpc) is 2.79. The molecule has 1 fully saturated rings. The zero-order valence-electron chi connectivity index (χ0n) is 13.1.